The molecule has 1 N–H and O–H groups in total. The van der Waals surface area contributed by atoms with E-state index in [2.05, 4.69) is 5.32 Å². The third kappa shape index (κ3) is 8.44. The normalized spacial score (nSPS) is 11.9. The third-order valence-electron chi connectivity index (χ3n) is 5.62. The standard InChI is InChI=1S/C26H37N3O6S/c1-6-27-26(31)20(3)28(19-21-10-14-23(34-4)15-11-21)25(30)9-8-18-29(36(5,32)33)22-12-16-24(17-13-22)35-7-2/h10-17,20H,6-9,18-19H2,1-5H3,(H,27,31)/t20-/m0/s1. The van der Waals surface area contributed by atoms with Crippen LogP contribution < -0.4 is 19.1 Å². The molecular formula is C26H37N3O6S. The Bertz CT molecular complexity index is 1090. The molecule has 0 fully saturated rings. The number of methoxy groups -OCH3 is 1. The first-order chi connectivity index (χ1) is 17.1. The Kier molecular flexibility index (Phi) is 11.0. The molecular weight excluding hydrogens is 482 g/mol. The summed E-state index contributed by atoms with van der Waals surface area (Å²) in [6, 6.07) is 13.4. The largest absolute Gasteiger partial charge is 0.497 e. The number of hydrogen-bond donors (Lipinski definition) is 1. The van der Waals surface area contributed by atoms with Crippen LogP contribution in [0, 0.1) is 0 Å². The highest BCUT2D eigenvalue weighted by molar-refractivity contribution is 7.92. The molecule has 9 nitrogen and oxygen atoms in total. The van der Waals surface area contributed by atoms with Crippen molar-refractivity contribution < 1.29 is 27.5 Å². The van der Waals surface area contributed by atoms with Crippen LogP contribution in [-0.2, 0) is 26.2 Å². The number of carbonyl (C=O) groups is 2. The summed E-state index contributed by atoms with van der Waals surface area (Å²) in [5, 5.41) is 2.76. The van der Waals surface area contributed by atoms with Gasteiger partial charge in [-0.15, -0.1) is 0 Å². The molecule has 198 valence electrons. The molecule has 0 aromatic heterocycles. The lowest BCUT2D eigenvalue weighted by atomic mass is 10.1. The van der Waals surface area contributed by atoms with Crippen LogP contribution in [0.5, 0.6) is 11.5 Å². The van der Waals surface area contributed by atoms with Gasteiger partial charge >= 0.3 is 0 Å². The van der Waals surface area contributed by atoms with Gasteiger partial charge in [-0.3, -0.25) is 13.9 Å². The maximum absolute atomic E-state index is 13.2. The van der Waals surface area contributed by atoms with E-state index in [4.69, 9.17) is 9.47 Å². The number of likely N-dealkylation sites (N-methyl/N-ethyl adjacent to an activating group) is 1. The van der Waals surface area contributed by atoms with Gasteiger partial charge in [-0.25, -0.2) is 8.42 Å². The summed E-state index contributed by atoms with van der Waals surface area (Å²) in [7, 11) is -1.98. The van der Waals surface area contributed by atoms with Crippen LogP contribution in [0.25, 0.3) is 0 Å². The molecule has 36 heavy (non-hydrogen) atoms. The summed E-state index contributed by atoms with van der Waals surface area (Å²) in [6.07, 6.45) is 1.52. The highest BCUT2D eigenvalue weighted by atomic mass is 32.2. The average molecular weight is 520 g/mol. The number of nitrogens with zero attached hydrogens (tertiary/aromatic N) is 2. The van der Waals surface area contributed by atoms with Gasteiger partial charge in [0.05, 0.1) is 25.7 Å². The Morgan fingerprint density at radius 3 is 2.14 bits per heavy atom. The third-order valence-corrected chi connectivity index (χ3v) is 6.81. The van der Waals surface area contributed by atoms with Gasteiger partial charge < -0.3 is 19.7 Å². The topological polar surface area (TPSA) is 105 Å². The number of amides is 2. The van der Waals surface area contributed by atoms with Crippen molar-refractivity contribution in [2.45, 2.75) is 46.2 Å². The van der Waals surface area contributed by atoms with Crippen molar-refractivity contribution in [3.63, 3.8) is 0 Å². The molecule has 0 bridgehead atoms. The molecule has 1 atom stereocenters. The van der Waals surface area contributed by atoms with E-state index in [0.717, 1.165) is 11.8 Å². The van der Waals surface area contributed by atoms with E-state index >= 15 is 0 Å². The fourth-order valence-corrected chi connectivity index (χ4v) is 4.68. The number of rotatable bonds is 14. The minimum atomic E-state index is -3.56. The summed E-state index contributed by atoms with van der Waals surface area (Å²) in [5.74, 6) is 0.873. The van der Waals surface area contributed by atoms with Crippen LogP contribution in [0.2, 0.25) is 0 Å². The highest BCUT2D eigenvalue weighted by Gasteiger charge is 2.26. The summed E-state index contributed by atoms with van der Waals surface area (Å²) >= 11 is 0. The lowest BCUT2D eigenvalue weighted by Crippen LogP contribution is -2.47. The molecule has 0 aliphatic heterocycles. The molecule has 0 heterocycles. The zero-order valence-electron chi connectivity index (χ0n) is 21.7. The summed E-state index contributed by atoms with van der Waals surface area (Å²) in [4.78, 5) is 27.3. The number of hydrogen-bond acceptors (Lipinski definition) is 6. The predicted octanol–water partition coefficient (Wildman–Crippen LogP) is 3.19. The van der Waals surface area contributed by atoms with Gasteiger partial charge in [-0.1, -0.05) is 12.1 Å². The van der Waals surface area contributed by atoms with E-state index in [-0.39, 0.29) is 31.3 Å². The van der Waals surface area contributed by atoms with Crippen LogP contribution in [0.3, 0.4) is 0 Å². The van der Waals surface area contributed by atoms with Crippen LogP contribution in [0.15, 0.2) is 48.5 Å². The number of anilines is 1. The van der Waals surface area contributed by atoms with Gasteiger partial charge in [0.15, 0.2) is 0 Å². The van der Waals surface area contributed by atoms with Crippen LogP contribution >= 0.6 is 0 Å². The van der Waals surface area contributed by atoms with E-state index < -0.39 is 16.1 Å². The molecule has 0 saturated heterocycles. The van der Waals surface area contributed by atoms with Crippen molar-refractivity contribution >= 4 is 27.5 Å². The molecule has 0 unspecified atom stereocenters. The van der Waals surface area contributed by atoms with Gasteiger partial charge in [-0.2, -0.15) is 0 Å². The van der Waals surface area contributed by atoms with Crippen molar-refractivity contribution in [1.29, 1.82) is 0 Å². The van der Waals surface area contributed by atoms with Crippen molar-refractivity contribution in [1.82, 2.24) is 10.2 Å². The number of sulfonamides is 1. The second-order valence-electron chi connectivity index (χ2n) is 8.31. The smallest absolute Gasteiger partial charge is 0.242 e. The van der Waals surface area contributed by atoms with Crippen molar-refractivity contribution in [3.8, 4) is 11.5 Å². The highest BCUT2D eigenvalue weighted by Crippen LogP contribution is 2.23. The van der Waals surface area contributed by atoms with Crippen LogP contribution in [0.1, 0.15) is 39.2 Å². The minimum absolute atomic E-state index is 0.0863. The monoisotopic (exact) mass is 519 g/mol. The molecule has 2 rings (SSSR count). The first kappa shape index (κ1) is 29.0. The number of carbonyl (C=O) groups excluding carboxylic acids is 2. The van der Waals surface area contributed by atoms with Gasteiger partial charge in [0.2, 0.25) is 21.8 Å². The van der Waals surface area contributed by atoms with Crippen LogP contribution in [0.4, 0.5) is 5.69 Å². The Morgan fingerprint density at radius 2 is 1.61 bits per heavy atom. The first-order valence-corrected chi connectivity index (χ1v) is 13.9. The Morgan fingerprint density at radius 1 is 1.00 bits per heavy atom. The van der Waals surface area contributed by atoms with E-state index in [1.165, 1.54) is 9.21 Å². The Hall–Kier alpha value is -3.27. The van der Waals surface area contributed by atoms with E-state index in [9.17, 15) is 18.0 Å². The van der Waals surface area contributed by atoms with Crippen molar-refractivity contribution in [3.05, 3.63) is 54.1 Å². The van der Waals surface area contributed by atoms with Gasteiger partial charge in [0, 0.05) is 26.1 Å². The maximum Gasteiger partial charge on any atom is 0.242 e. The number of nitrogens with one attached hydrogen (secondary N) is 1. The number of benzene rings is 2. The molecule has 2 aromatic rings. The first-order valence-electron chi connectivity index (χ1n) is 12.0. The van der Waals surface area contributed by atoms with Gasteiger partial charge in [0.1, 0.15) is 17.5 Å². The average Bonchev–Trinajstić information content (AvgIpc) is 2.85. The van der Waals surface area contributed by atoms with Gasteiger partial charge in [0.25, 0.3) is 0 Å². The molecule has 10 heteroatoms. The summed E-state index contributed by atoms with van der Waals surface area (Å²) in [5.41, 5.74) is 1.35. The Labute approximate surface area is 214 Å². The van der Waals surface area contributed by atoms with Crippen molar-refractivity contribution in [2.24, 2.45) is 0 Å². The Balaban J connectivity index is 2.14. The fourth-order valence-electron chi connectivity index (χ4n) is 3.71. The second-order valence-corrected chi connectivity index (χ2v) is 10.2. The lowest BCUT2D eigenvalue weighted by molar-refractivity contribution is -0.140. The molecule has 0 aliphatic rings. The quantitative estimate of drug-likeness (QED) is 0.411. The minimum Gasteiger partial charge on any atom is -0.497 e. The summed E-state index contributed by atoms with van der Waals surface area (Å²) < 4.78 is 36.8. The SMILES string of the molecule is CCNC(=O)[C@H](C)N(Cc1ccc(OC)cc1)C(=O)CCCN(c1ccc(OCC)cc1)S(C)(=O)=O. The summed E-state index contributed by atoms with van der Waals surface area (Å²) in [6.45, 7) is 6.73. The van der Waals surface area contributed by atoms with E-state index in [1.54, 1.807) is 50.4 Å². The molecule has 0 saturated carbocycles. The fraction of sp³-hybridized carbons (Fsp3) is 0.462. The molecule has 0 spiro atoms. The molecule has 2 amide bonds. The second kappa shape index (κ2) is 13.7. The predicted molar refractivity (Wildman–Crippen MR) is 141 cm³/mol. The van der Waals surface area contributed by atoms with E-state index in [0.29, 0.717) is 36.8 Å². The van der Waals surface area contributed by atoms with E-state index in [1.807, 2.05) is 26.0 Å². The molecule has 2 aromatic carbocycles. The molecule has 0 radical (unpaired) electrons. The zero-order chi connectivity index (χ0) is 26.7. The van der Waals surface area contributed by atoms with Gasteiger partial charge in [-0.05, 0) is 69.2 Å². The zero-order valence-corrected chi connectivity index (χ0v) is 22.5. The number of ether oxygens (including phenoxy) is 2. The molecule has 0 aliphatic carbocycles. The maximum atomic E-state index is 13.2. The van der Waals surface area contributed by atoms with Crippen LogP contribution in [-0.4, -0.2) is 64.2 Å². The van der Waals surface area contributed by atoms with Crippen molar-refractivity contribution in [2.75, 3.05) is 37.4 Å². The lowest BCUT2D eigenvalue weighted by Gasteiger charge is -2.29.